The fourth-order valence-electron chi connectivity index (χ4n) is 0.337. The molecule has 1 aliphatic heterocycles. The Kier molecular flexibility index (Phi) is 2.75. The Bertz CT molecular complexity index is 173. The molecule has 2 rings (SSSR count). The third-order valence-electron chi connectivity index (χ3n) is 0.667. The monoisotopic (exact) mass is 135 g/mol. The molecule has 0 unspecified atom stereocenters. The van der Waals surface area contributed by atoms with E-state index in [-0.39, 0.29) is 0 Å². The van der Waals surface area contributed by atoms with Gasteiger partial charge in [-0.25, -0.2) is 4.98 Å². The van der Waals surface area contributed by atoms with Crippen LogP contribution in [0.3, 0.4) is 0 Å². The van der Waals surface area contributed by atoms with E-state index in [1.165, 1.54) is 6.33 Å². The van der Waals surface area contributed by atoms with Crippen molar-refractivity contribution in [3.8, 4) is 0 Å². The van der Waals surface area contributed by atoms with E-state index >= 15 is 0 Å². The quantitative estimate of drug-likeness (QED) is 0.531. The Morgan fingerprint density at radius 2 is 2.40 bits per heavy atom. The van der Waals surface area contributed by atoms with Crippen LogP contribution in [0.4, 0.5) is 0 Å². The standard InChI is InChI=1S/C3H3N2.C2H2N3/c1-2-4-5-3-1;1-3-2-5-4-1/h1-3H;1H,(H,3,4,5). The molecule has 0 fully saturated rings. The largest absolute Gasteiger partial charge is 0.265 e. The van der Waals surface area contributed by atoms with Crippen molar-refractivity contribution in [2.24, 2.45) is 5.10 Å². The van der Waals surface area contributed by atoms with Crippen LogP contribution in [-0.2, 0) is 0 Å². The van der Waals surface area contributed by atoms with Crippen LogP contribution < -0.4 is 5.43 Å². The van der Waals surface area contributed by atoms with Gasteiger partial charge in [-0.3, -0.25) is 5.10 Å². The van der Waals surface area contributed by atoms with Gasteiger partial charge in [0.1, 0.15) is 6.33 Å². The average Bonchev–Trinajstić information content (AvgIpc) is 2.67. The van der Waals surface area contributed by atoms with Gasteiger partial charge in [-0.2, -0.15) is 15.6 Å². The predicted molar refractivity (Wildman–Crippen MR) is 35.0 cm³/mol. The molecule has 1 aliphatic rings. The van der Waals surface area contributed by atoms with Crippen molar-refractivity contribution in [1.29, 1.82) is 0 Å². The van der Waals surface area contributed by atoms with Crippen LogP contribution in [0.15, 0.2) is 23.7 Å². The van der Waals surface area contributed by atoms with E-state index in [1.807, 2.05) is 0 Å². The summed E-state index contributed by atoms with van der Waals surface area (Å²) in [6.45, 7) is 0. The second kappa shape index (κ2) is 4.25. The van der Waals surface area contributed by atoms with E-state index in [1.54, 1.807) is 18.5 Å². The number of aromatic amines is 1. The molecule has 0 aromatic carbocycles. The topological polar surface area (TPSA) is 68.0 Å². The van der Waals surface area contributed by atoms with Crippen LogP contribution in [0.2, 0.25) is 0 Å². The summed E-state index contributed by atoms with van der Waals surface area (Å²) in [7, 11) is 0. The molecule has 1 aromatic rings. The highest BCUT2D eigenvalue weighted by Crippen LogP contribution is 1.73. The fraction of sp³-hybridized carbons (Fsp3) is 0. The molecule has 0 atom stereocenters. The Morgan fingerprint density at radius 3 is 2.60 bits per heavy atom. The molecule has 0 aliphatic carbocycles. The molecule has 5 heteroatoms. The summed E-state index contributed by atoms with van der Waals surface area (Å²) < 4.78 is 0. The van der Waals surface area contributed by atoms with Gasteiger partial charge in [-0.05, 0) is 6.08 Å². The number of aromatic nitrogens is 3. The van der Waals surface area contributed by atoms with Crippen molar-refractivity contribution in [2.75, 3.05) is 0 Å². The highest BCUT2D eigenvalue weighted by Gasteiger charge is 1.72. The van der Waals surface area contributed by atoms with E-state index in [4.69, 9.17) is 0 Å². The second-order valence-electron chi connectivity index (χ2n) is 1.32. The number of H-pyrrole nitrogens is 1. The maximum Gasteiger partial charge on any atom is 0.220 e. The summed E-state index contributed by atoms with van der Waals surface area (Å²) in [6.07, 6.45) is 8.82. The Labute approximate surface area is 57.9 Å². The Hall–Kier alpha value is -1.65. The maximum atomic E-state index is 3.47. The minimum Gasteiger partial charge on any atom is -0.265 e. The third-order valence-corrected chi connectivity index (χ3v) is 0.667. The predicted octanol–water partition coefficient (Wildman–Crippen LogP) is -0.291. The third kappa shape index (κ3) is 2.61. The number of hydrogen-bond donors (Lipinski definition) is 1. The molecular formula is C5H5N5. The van der Waals surface area contributed by atoms with Gasteiger partial charge in [0.05, 0.1) is 12.4 Å². The first kappa shape index (κ1) is 6.47. The smallest absolute Gasteiger partial charge is 0.220 e. The van der Waals surface area contributed by atoms with Crippen molar-refractivity contribution >= 4 is 6.21 Å². The zero-order chi connectivity index (χ0) is 7.07. The molecule has 0 bridgehead atoms. The van der Waals surface area contributed by atoms with E-state index in [0.29, 0.717) is 0 Å². The van der Waals surface area contributed by atoms with E-state index < -0.39 is 0 Å². The lowest BCUT2D eigenvalue weighted by atomic mass is 10.7. The maximum absolute atomic E-state index is 3.47. The van der Waals surface area contributed by atoms with Crippen molar-refractivity contribution in [2.45, 2.75) is 0 Å². The van der Waals surface area contributed by atoms with Crippen LogP contribution in [0.25, 0.3) is 0 Å². The van der Waals surface area contributed by atoms with E-state index in [9.17, 15) is 0 Å². The minimum atomic E-state index is 1.46. The van der Waals surface area contributed by atoms with Crippen LogP contribution in [0, 0.1) is 6.33 Å². The summed E-state index contributed by atoms with van der Waals surface area (Å²) in [5, 5.41) is 9.28. The molecule has 0 saturated heterocycles. The lowest BCUT2D eigenvalue weighted by Gasteiger charge is -1.62. The van der Waals surface area contributed by atoms with Gasteiger partial charge in [0, 0.05) is 0 Å². The van der Waals surface area contributed by atoms with Crippen LogP contribution in [0.5, 0.6) is 0 Å². The number of hydrogen-bond acceptors (Lipinski definition) is 3. The van der Waals surface area contributed by atoms with Gasteiger partial charge in [-0.1, -0.05) is 0 Å². The number of rotatable bonds is 0. The molecule has 10 heavy (non-hydrogen) atoms. The van der Waals surface area contributed by atoms with Gasteiger partial charge in [0.2, 0.25) is 6.33 Å². The SMILES string of the molecule is C1=C[N]N=C1.[c]1nc[nH]n1. The fourth-order valence-corrected chi connectivity index (χ4v) is 0.337. The van der Waals surface area contributed by atoms with Gasteiger partial charge in [0.25, 0.3) is 0 Å². The normalized spacial score (nSPS) is 12.0. The molecule has 1 aromatic heterocycles. The molecule has 0 spiro atoms. The number of nitrogens with zero attached hydrogens (tertiary/aromatic N) is 4. The zero-order valence-corrected chi connectivity index (χ0v) is 5.10. The van der Waals surface area contributed by atoms with E-state index in [2.05, 4.69) is 32.0 Å². The highest BCUT2D eigenvalue weighted by molar-refractivity contribution is 5.72. The molecule has 1 N–H and O–H groups in total. The first-order chi connectivity index (χ1) is 5.00. The van der Waals surface area contributed by atoms with Crippen molar-refractivity contribution in [1.82, 2.24) is 20.6 Å². The molecule has 0 saturated carbocycles. The second-order valence-corrected chi connectivity index (χ2v) is 1.32. The summed E-state index contributed by atoms with van der Waals surface area (Å²) in [4.78, 5) is 3.43. The molecular weight excluding hydrogens is 130 g/mol. The van der Waals surface area contributed by atoms with E-state index in [0.717, 1.165) is 0 Å². The van der Waals surface area contributed by atoms with Crippen LogP contribution >= 0.6 is 0 Å². The molecule has 2 radical (unpaired) electrons. The van der Waals surface area contributed by atoms with Gasteiger partial charge >= 0.3 is 0 Å². The summed E-state index contributed by atoms with van der Waals surface area (Å²) in [5.41, 5.74) is 3.47. The first-order valence-corrected chi connectivity index (χ1v) is 2.60. The molecule has 50 valence electrons. The average molecular weight is 135 g/mol. The van der Waals surface area contributed by atoms with Gasteiger partial charge in [-0.15, -0.1) is 0 Å². The minimum absolute atomic E-state index is 1.46. The van der Waals surface area contributed by atoms with Gasteiger partial charge < -0.3 is 0 Å². The van der Waals surface area contributed by atoms with Crippen molar-refractivity contribution < 1.29 is 0 Å². The summed E-state index contributed by atoms with van der Waals surface area (Å²) in [6, 6.07) is 0. The lowest BCUT2D eigenvalue weighted by Crippen LogP contribution is -1.69. The number of nitrogens with one attached hydrogen (secondary N) is 1. The zero-order valence-electron chi connectivity index (χ0n) is 5.10. The van der Waals surface area contributed by atoms with Crippen LogP contribution in [0.1, 0.15) is 0 Å². The summed E-state index contributed by atoms with van der Waals surface area (Å²) in [5.74, 6) is 0. The van der Waals surface area contributed by atoms with Crippen molar-refractivity contribution in [3.63, 3.8) is 0 Å². The molecule has 5 nitrogen and oxygen atoms in total. The van der Waals surface area contributed by atoms with Gasteiger partial charge in [0.15, 0.2) is 0 Å². The highest BCUT2D eigenvalue weighted by atomic mass is 15.3. The van der Waals surface area contributed by atoms with Crippen molar-refractivity contribution in [3.05, 3.63) is 24.9 Å². The first-order valence-electron chi connectivity index (χ1n) is 2.60. The molecule has 2 heterocycles. The lowest BCUT2D eigenvalue weighted by molar-refractivity contribution is 0.977. The Balaban J connectivity index is 0.0000001000. The van der Waals surface area contributed by atoms with Crippen LogP contribution in [-0.4, -0.2) is 21.4 Å². The molecule has 0 amide bonds. The number of allylic oxidation sites excluding steroid dienone is 1. The Morgan fingerprint density at radius 1 is 1.40 bits per heavy atom. The summed E-state index contributed by atoms with van der Waals surface area (Å²) >= 11 is 0.